The molecular weight excluding hydrogens is 256 g/mol. The third-order valence-corrected chi connectivity index (χ3v) is 2.81. The summed E-state index contributed by atoms with van der Waals surface area (Å²) in [6, 6.07) is 12.6. The van der Waals surface area contributed by atoms with Crippen LogP contribution in [-0.2, 0) is 0 Å². The minimum absolute atomic E-state index is 0.00788. The van der Waals surface area contributed by atoms with Crippen LogP contribution in [0.1, 0.15) is 11.1 Å². The third-order valence-electron chi connectivity index (χ3n) is 2.81. The Labute approximate surface area is 117 Å². The first kappa shape index (κ1) is 13.7. The van der Waals surface area contributed by atoms with Crippen molar-refractivity contribution in [2.75, 3.05) is 7.11 Å². The Morgan fingerprint density at radius 2 is 1.75 bits per heavy atom. The molecule has 2 rings (SSSR count). The monoisotopic (exact) mass is 272 g/mol. The molecule has 0 atom stereocenters. The van der Waals surface area contributed by atoms with E-state index in [0.29, 0.717) is 17.1 Å². The number of benzene rings is 2. The van der Waals surface area contributed by atoms with Gasteiger partial charge < -0.3 is 20.4 Å². The summed E-state index contributed by atoms with van der Waals surface area (Å²) in [6.45, 7) is 1.94. The molecule has 0 aromatic heterocycles. The number of rotatable bonds is 4. The maximum atomic E-state index is 8.81. The van der Waals surface area contributed by atoms with E-state index in [4.69, 9.17) is 20.4 Å². The molecule has 0 amide bonds. The molecule has 0 fully saturated rings. The molecule has 0 unspecified atom stereocenters. The summed E-state index contributed by atoms with van der Waals surface area (Å²) in [4.78, 5) is 0. The Morgan fingerprint density at radius 3 is 2.35 bits per heavy atom. The highest BCUT2D eigenvalue weighted by Crippen LogP contribution is 2.27. The van der Waals surface area contributed by atoms with E-state index >= 15 is 0 Å². The van der Waals surface area contributed by atoms with E-state index < -0.39 is 0 Å². The van der Waals surface area contributed by atoms with Crippen molar-refractivity contribution in [2.45, 2.75) is 6.92 Å². The molecule has 3 N–H and O–H groups in total. The number of hydrogen-bond acceptors (Lipinski definition) is 4. The number of oxime groups is 1. The Kier molecular flexibility index (Phi) is 4.10. The average Bonchev–Trinajstić information content (AvgIpc) is 2.47. The molecule has 2 aromatic carbocycles. The summed E-state index contributed by atoms with van der Waals surface area (Å²) in [5, 5.41) is 11.8. The average molecular weight is 272 g/mol. The fourth-order valence-corrected chi connectivity index (χ4v) is 1.75. The van der Waals surface area contributed by atoms with E-state index in [1.165, 1.54) is 0 Å². The normalized spacial score (nSPS) is 11.2. The van der Waals surface area contributed by atoms with Crippen molar-refractivity contribution >= 4 is 5.84 Å². The number of hydrogen-bond donors (Lipinski definition) is 2. The van der Waals surface area contributed by atoms with Gasteiger partial charge in [-0.05, 0) is 48.9 Å². The van der Waals surface area contributed by atoms with Gasteiger partial charge in [0.15, 0.2) is 5.84 Å². The lowest BCUT2D eigenvalue weighted by atomic mass is 10.1. The molecule has 0 aliphatic heterocycles. The quantitative estimate of drug-likeness (QED) is 0.388. The predicted octanol–water partition coefficient (Wildman–Crippen LogP) is 2.89. The molecule has 0 aliphatic rings. The van der Waals surface area contributed by atoms with Gasteiger partial charge in [0.05, 0.1) is 12.7 Å². The van der Waals surface area contributed by atoms with Crippen LogP contribution >= 0.6 is 0 Å². The number of aryl methyl sites for hydroxylation is 1. The fraction of sp³-hybridized carbons (Fsp3) is 0.133. The van der Waals surface area contributed by atoms with Gasteiger partial charge in [0, 0.05) is 0 Å². The van der Waals surface area contributed by atoms with Gasteiger partial charge in [-0.15, -0.1) is 0 Å². The first-order chi connectivity index (χ1) is 9.63. The second-order valence-corrected chi connectivity index (χ2v) is 4.26. The first-order valence-electron chi connectivity index (χ1n) is 6.04. The van der Waals surface area contributed by atoms with Gasteiger partial charge in [0.1, 0.15) is 17.2 Å². The fourth-order valence-electron chi connectivity index (χ4n) is 1.75. The molecule has 0 radical (unpaired) electrons. The van der Waals surface area contributed by atoms with Crippen molar-refractivity contribution in [3.05, 3.63) is 53.6 Å². The highest BCUT2D eigenvalue weighted by molar-refractivity contribution is 5.99. The molecule has 0 saturated heterocycles. The van der Waals surface area contributed by atoms with Crippen molar-refractivity contribution < 1.29 is 14.7 Å². The smallest absolute Gasteiger partial charge is 0.173 e. The van der Waals surface area contributed by atoms with Crippen LogP contribution in [0.25, 0.3) is 0 Å². The molecule has 0 spiro atoms. The zero-order valence-electron chi connectivity index (χ0n) is 11.3. The van der Waals surface area contributed by atoms with Gasteiger partial charge in [0.25, 0.3) is 0 Å². The number of ether oxygens (including phenoxy) is 2. The van der Waals surface area contributed by atoms with Crippen molar-refractivity contribution in [1.29, 1.82) is 0 Å². The lowest BCUT2D eigenvalue weighted by molar-refractivity contribution is 0.318. The number of nitrogens with zero attached hydrogens (tertiary/aromatic N) is 1. The summed E-state index contributed by atoms with van der Waals surface area (Å²) in [6.07, 6.45) is 0. The molecule has 2 aromatic rings. The molecule has 0 saturated carbocycles. The summed E-state index contributed by atoms with van der Waals surface area (Å²) >= 11 is 0. The lowest BCUT2D eigenvalue weighted by Gasteiger charge is -2.11. The Morgan fingerprint density at radius 1 is 1.10 bits per heavy atom. The lowest BCUT2D eigenvalue weighted by Crippen LogP contribution is -2.14. The van der Waals surface area contributed by atoms with E-state index in [0.717, 1.165) is 11.3 Å². The summed E-state index contributed by atoms with van der Waals surface area (Å²) in [5.41, 5.74) is 7.20. The molecule has 20 heavy (non-hydrogen) atoms. The van der Waals surface area contributed by atoms with E-state index in [1.54, 1.807) is 37.4 Å². The van der Waals surface area contributed by atoms with E-state index in [1.807, 2.05) is 19.1 Å². The zero-order valence-corrected chi connectivity index (χ0v) is 11.3. The minimum Gasteiger partial charge on any atom is -0.497 e. The van der Waals surface area contributed by atoms with Crippen LogP contribution in [0.5, 0.6) is 17.2 Å². The van der Waals surface area contributed by atoms with Crippen molar-refractivity contribution in [1.82, 2.24) is 0 Å². The van der Waals surface area contributed by atoms with Gasteiger partial charge >= 0.3 is 0 Å². The molecule has 5 nitrogen and oxygen atoms in total. The number of methoxy groups -OCH3 is 1. The highest BCUT2D eigenvalue weighted by Gasteiger charge is 2.09. The second-order valence-electron chi connectivity index (χ2n) is 4.26. The Hall–Kier alpha value is -2.69. The standard InChI is InChI=1S/C15H16N2O3/c1-10-3-8-13(15(16)17-18)14(9-10)20-12-6-4-11(19-2)5-7-12/h3-9,18H,1-2H3,(H2,16,17). The molecule has 0 heterocycles. The number of amidine groups is 1. The van der Waals surface area contributed by atoms with Crippen LogP contribution in [0.4, 0.5) is 0 Å². The van der Waals surface area contributed by atoms with Crippen LogP contribution in [0.15, 0.2) is 47.6 Å². The van der Waals surface area contributed by atoms with E-state index in [9.17, 15) is 0 Å². The van der Waals surface area contributed by atoms with Crippen LogP contribution in [-0.4, -0.2) is 18.2 Å². The van der Waals surface area contributed by atoms with E-state index in [-0.39, 0.29) is 5.84 Å². The van der Waals surface area contributed by atoms with Gasteiger partial charge in [-0.25, -0.2) is 0 Å². The maximum Gasteiger partial charge on any atom is 0.173 e. The second kappa shape index (κ2) is 5.97. The number of nitrogens with two attached hydrogens (primary N) is 1. The van der Waals surface area contributed by atoms with Crippen LogP contribution < -0.4 is 15.2 Å². The molecule has 0 aliphatic carbocycles. The summed E-state index contributed by atoms with van der Waals surface area (Å²) in [7, 11) is 1.60. The summed E-state index contributed by atoms with van der Waals surface area (Å²) in [5.74, 6) is 1.93. The highest BCUT2D eigenvalue weighted by atomic mass is 16.5. The maximum absolute atomic E-state index is 8.81. The Balaban J connectivity index is 2.33. The van der Waals surface area contributed by atoms with Crippen LogP contribution in [0.3, 0.4) is 0 Å². The topological polar surface area (TPSA) is 77.1 Å². The van der Waals surface area contributed by atoms with Crippen molar-refractivity contribution in [2.24, 2.45) is 10.9 Å². The van der Waals surface area contributed by atoms with Crippen LogP contribution in [0.2, 0.25) is 0 Å². The Bertz CT molecular complexity index is 622. The van der Waals surface area contributed by atoms with Gasteiger partial charge in [0.2, 0.25) is 0 Å². The van der Waals surface area contributed by atoms with E-state index in [2.05, 4.69) is 5.16 Å². The summed E-state index contributed by atoms with van der Waals surface area (Å²) < 4.78 is 10.9. The zero-order chi connectivity index (χ0) is 14.5. The van der Waals surface area contributed by atoms with Gasteiger partial charge in [-0.2, -0.15) is 0 Å². The first-order valence-corrected chi connectivity index (χ1v) is 6.04. The predicted molar refractivity (Wildman–Crippen MR) is 76.8 cm³/mol. The van der Waals surface area contributed by atoms with Crippen molar-refractivity contribution in [3.63, 3.8) is 0 Å². The third kappa shape index (κ3) is 3.00. The van der Waals surface area contributed by atoms with Gasteiger partial charge in [-0.3, -0.25) is 0 Å². The SMILES string of the molecule is COc1ccc(Oc2cc(C)ccc2C(N)=NO)cc1. The van der Waals surface area contributed by atoms with Gasteiger partial charge in [-0.1, -0.05) is 11.2 Å². The molecular formula is C15H16N2O3. The molecule has 5 heteroatoms. The molecule has 0 bridgehead atoms. The largest absolute Gasteiger partial charge is 0.497 e. The minimum atomic E-state index is 0.00788. The molecule has 104 valence electrons. The van der Waals surface area contributed by atoms with Crippen molar-refractivity contribution in [3.8, 4) is 17.2 Å². The van der Waals surface area contributed by atoms with Crippen LogP contribution in [0, 0.1) is 6.92 Å².